The fourth-order valence-electron chi connectivity index (χ4n) is 1.99. The maximum atomic E-state index is 13.3. The lowest BCUT2D eigenvalue weighted by atomic mass is 10.1. The van der Waals surface area contributed by atoms with Crippen molar-refractivity contribution in [3.63, 3.8) is 0 Å². The molecule has 2 aromatic carbocycles. The number of halogens is 3. The molecule has 0 radical (unpaired) electrons. The Bertz CT molecular complexity index is 814. The first-order valence-corrected chi connectivity index (χ1v) is 6.70. The molecule has 2 aromatic rings. The van der Waals surface area contributed by atoms with Crippen LogP contribution < -0.4 is 14.8 Å². The molecule has 0 spiro atoms. The molecule has 1 N–H and O–H groups in total. The van der Waals surface area contributed by atoms with Gasteiger partial charge >= 0.3 is 12.3 Å². The van der Waals surface area contributed by atoms with Gasteiger partial charge in [-0.15, -0.1) is 0 Å². The second-order valence-corrected chi connectivity index (χ2v) is 4.59. The lowest BCUT2D eigenvalue weighted by Crippen LogP contribution is -2.16. The minimum atomic E-state index is -3.20. The molecule has 0 aromatic heterocycles. The number of ether oxygens (including phenoxy) is 2. The second-order valence-electron chi connectivity index (χ2n) is 4.59. The molecule has 2 rings (SSSR count). The number of hydrogen-bond acceptors (Lipinski definition) is 5. The Kier molecular flexibility index (Phi) is 5.42. The van der Waals surface area contributed by atoms with Crippen molar-refractivity contribution in [3.8, 4) is 11.5 Å². The summed E-state index contributed by atoms with van der Waals surface area (Å²) in [6, 6.07) is 6.59. The Hall–Kier alpha value is -3.30. The standard InChI is InChI=1S/C15H11F3N2O5/c1-24-12-4-2-3-9(13(12)25-15(17)18)14(21)19-8-5-6-10(16)11(7-8)20(22)23/h2-7,15H,1H3,(H,19,21). The number of anilines is 1. The number of carbonyl (C=O) groups is 1. The van der Waals surface area contributed by atoms with Crippen molar-refractivity contribution >= 4 is 17.3 Å². The van der Waals surface area contributed by atoms with Crippen LogP contribution in [-0.4, -0.2) is 24.6 Å². The van der Waals surface area contributed by atoms with Gasteiger partial charge in [-0.2, -0.15) is 13.2 Å². The summed E-state index contributed by atoms with van der Waals surface area (Å²) in [5.41, 5.74) is -1.22. The summed E-state index contributed by atoms with van der Waals surface area (Å²) in [4.78, 5) is 22.1. The van der Waals surface area contributed by atoms with E-state index in [-0.39, 0.29) is 17.0 Å². The lowest BCUT2D eigenvalue weighted by Gasteiger charge is -2.14. The lowest BCUT2D eigenvalue weighted by molar-refractivity contribution is -0.387. The number of nitro groups is 1. The molecule has 7 nitrogen and oxygen atoms in total. The van der Waals surface area contributed by atoms with Crippen molar-refractivity contribution in [2.75, 3.05) is 12.4 Å². The average molecular weight is 356 g/mol. The molecule has 25 heavy (non-hydrogen) atoms. The molecule has 0 saturated carbocycles. The van der Waals surface area contributed by atoms with E-state index in [4.69, 9.17) is 4.74 Å². The molecule has 0 unspecified atom stereocenters. The summed E-state index contributed by atoms with van der Waals surface area (Å²) in [5.74, 6) is -2.56. The van der Waals surface area contributed by atoms with Gasteiger partial charge in [-0.3, -0.25) is 14.9 Å². The Morgan fingerprint density at radius 3 is 2.60 bits per heavy atom. The zero-order valence-corrected chi connectivity index (χ0v) is 12.7. The van der Waals surface area contributed by atoms with E-state index in [0.29, 0.717) is 0 Å². The Labute approximate surface area is 139 Å². The fraction of sp³-hybridized carbons (Fsp3) is 0.133. The van der Waals surface area contributed by atoms with E-state index in [1.807, 2.05) is 0 Å². The molecule has 0 aliphatic rings. The number of rotatable bonds is 6. The molecule has 1 amide bonds. The van der Waals surface area contributed by atoms with E-state index in [2.05, 4.69) is 10.1 Å². The summed E-state index contributed by atoms with van der Waals surface area (Å²) in [5, 5.41) is 13.0. The first-order chi connectivity index (χ1) is 11.8. The molecule has 0 aliphatic carbocycles. The van der Waals surface area contributed by atoms with E-state index in [9.17, 15) is 28.1 Å². The number of nitro benzene ring substituents is 1. The SMILES string of the molecule is COc1cccc(C(=O)Nc2ccc(F)c([N+](=O)[O-])c2)c1OC(F)F. The van der Waals surface area contributed by atoms with E-state index in [0.717, 1.165) is 18.2 Å². The van der Waals surface area contributed by atoms with Crippen LogP contribution in [0.3, 0.4) is 0 Å². The van der Waals surface area contributed by atoms with Crippen LogP contribution in [0, 0.1) is 15.9 Å². The van der Waals surface area contributed by atoms with Crippen molar-refractivity contribution in [2.24, 2.45) is 0 Å². The van der Waals surface area contributed by atoms with Gasteiger partial charge in [0, 0.05) is 11.8 Å². The predicted octanol–water partition coefficient (Wildman–Crippen LogP) is 3.60. The topological polar surface area (TPSA) is 90.7 Å². The van der Waals surface area contributed by atoms with Crippen LogP contribution in [-0.2, 0) is 0 Å². The van der Waals surface area contributed by atoms with Crippen molar-refractivity contribution < 1.29 is 32.4 Å². The normalized spacial score (nSPS) is 10.4. The molecule has 132 valence electrons. The summed E-state index contributed by atoms with van der Waals surface area (Å²) in [6.45, 7) is -3.20. The van der Waals surface area contributed by atoms with Crippen LogP contribution in [0.25, 0.3) is 0 Å². The summed E-state index contributed by atoms with van der Waals surface area (Å²) >= 11 is 0. The Morgan fingerprint density at radius 2 is 2.00 bits per heavy atom. The van der Waals surface area contributed by atoms with Crippen LogP contribution in [0.2, 0.25) is 0 Å². The number of para-hydroxylation sites is 1. The van der Waals surface area contributed by atoms with Gasteiger partial charge in [0.05, 0.1) is 17.6 Å². The molecular formula is C15H11F3N2O5. The van der Waals surface area contributed by atoms with Crippen LogP contribution >= 0.6 is 0 Å². The smallest absolute Gasteiger partial charge is 0.387 e. The van der Waals surface area contributed by atoms with Gasteiger partial charge in [-0.1, -0.05) is 6.07 Å². The number of alkyl halides is 2. The average Bonchev–Trinajstić information content (AvgIpc) is 2.55. The van der Waals surface area contributed by atoms with E-state index >= 15 is 0 Å². The fourth-order valence-corrected chi connectivity index (χ4v) is 1.99. The summed E-state index contributed by atoms with van der Waals surface area (Å²) < 4.78 is 47.6. The zero-order chi connectivity index (χ0) is 18.6. The van der Waals surface area contributed by atoms with Gasteiger partial charge in [0.15, 0.2) is 11.5 Å². The molecule has 10 heteroatoms. The number of carbonyl (C=O) groups excluding carboxylic acids is 1. The highest BCUT2D eigenvalue weighted by atomic mass is 19.3. The van der Waals surface area contributed by atoms with E-state index < -0.39 is 34.7 Å². The third-order valence-electron chi connectivity index (χ3n) is 3.05. The maximum Gasteiger partial charge on any atom is 0.387 e. The highest BCUT2D eigenvalue weighted by Gasteiger charge is 2.21. The third kappa shape index (κ3) is 4.16. The van der Waals surface area contributed by atoms with Crippen molar-refractivity contribution in [1.82, 2.24) is 0 Å². The summed E-state index contributed by atoms with van der Waals surface area (Å²) in [6.07, 6.45) is 0. The van der Waals surface area contributed by atoms with Crippen molar-refractivity contribution in [1.29, 1.82) is 0 Å². The Morgan fingerprint density at radius 1 is 1.28 bits per heavy atom. The van der Waals surface area contributed by atoms with Crippen molar-refractivity contribution in [2.45, 2.75) is 6.61 Å². The van der Waals surface area contributed by atoms with Gasteiger partial charge in [0.1, 0.15) is 0 Å². The maximum absolute atomic E-state index is 13.3. The van der Waals surface area contributed by atoms with Gasteiger partial charge in [-0.25, -0.2) is 0 Å². The van der Waals surface area contributed by atoms with Gasteiger partial charge in [0.2, 0.25) is 5.82 Å². The zero-order valence-electron chi connectivity index (χ0n) is 12.7. The second kappa shape index (κ2) is 7.51. The molecule has 0 heterocycles. The minimum Gasteiger partial charge on any atom is -0.493 e. The highest BCUT2D eigenvalue weighted by molar-refractivity contribution is 6.06. The molecule has 0 atom stereocenters. The number of benzene rings is 2. The predicted molar refractivity (Wildman–Crippen MR) is 80.6 cm³/mol. The monoisotopic (exact) mass is 356 g/mol. The number of methoxy groups -OCH3 is 1. The van der Waals surface area contributed by atoms with Crippen molar-refractivity contribution in [3.05, 3.63) is 57.9 Å². The number of nitrogens with zero attached hydrogens (tertiary/aromatic N) is 1. The first-order valence-electron chi connectivity index (χ1n) is 6.70. The van der Waals surface area contributed by atoms with E-state index in [1.54, 1.807) is 0 Å². The van der Waals surface area contributed by atoms with Crippen LogP contribution in [0.15, 0.2) is 36.4 Å². The van der Waals surface area contributed by atoms with Crippen LogP contribution in [0.5, 0.6) is 11.5 Å². The molecular weight excluding hydrogens is 345 g/mol. The molecule has 0 saturated heterocycles. The summed E-state index contributed by atoms with van der Waals surface area (Å²) in [7, 11) is 1.21. The van der Waals surface area contributed by atoms with Gasteiger partial charge in [0.25, 0.3) is 5.91 Å². The molecule has 0 aliphatic heterocycles. The highest BCUT2D eigenvalue weighted by Crippen LogP contribution is 2.33. The van der Waals surface area contributed by atoms with Crippen LogP contribution in [0.4, 0.5) is 24.5 Å². The molecule has 0 fully saturated rings. The minimum absolute atomic E-state index is 0.0936. The largest absolute Gasteiger partial charge is 0.493 e. The third-order valence-corrected chi connectivity index (χ3v) is 3.05. The quantitative estimate of drug-likeness (QED) is 0.631. The number of amides is 1. The first kappa shape index (κ1) is 18.0. The number of hydrogen-bond donors (Lipinski definition) is 1. The molecule has 0 bridgehead atoms. The van der Waals surface area contributed by atoms with Gasteiger partial charge < -0.3 is 14.8 Å². The number of nitrogens with one attached hydrogen (secondary N) is 1. The van der Waals surface area contributed by atoms with E-state index in [1.165, 1.54) is 25.3 Å². The van der Waals surface area contributed by atoms with Crippen LogP contribution in [0.1, 0.15) is 10.4 Å². The Balaban J connectivity index is 2.35. The van der Waals surface area contributed by atoms with Gasteiger partial charge in [-0.05, 0) is 24.3 Å².